The Bertz CT molecular complexity index is 448. The van der Waals surface area contributed by atoms with Crippen molar-refractivity contribution in [2.45, 2.75) is 33.6 Å². The Morgan fingerprint density at radius 2 is 1.88 bits per heavy atom. The Morgan fingerprint density at radius 1 is 1.31 bits per heavy atom. The molecule has 1 rings (SSSR count). The van der Waals surface area contributed by atoms with Crippen molar-refractivity contribution in [2.75, 3.05) is 0 Å². The van der Waals surface area contributed by atoms with Crippen LogP contribution in [0.25, 0.3) is 0 Å². The SMILES string of the molecule is CC1=C(C=N)CC(C)(C)CC1=C(C#N)C#N. The van der Waals surface area contributed by atoms with Gasteiger partial charge in [0.05, 0.1) is 0 Å². The highest BCUT2D eigenvalue weighted by atomic mass is 14.4. The van der Waals surface area contributed by atoms with Crippen molar-refractivity contribution in [3.05, 3.63) is 22.3 Å². The van der Waals surface area contributed by atoms with Crippen molar-refractivity contribution < 1.29 is 0 Å². The van der Waals surface area contributed by atoms with E-state index in [1.807, 2.05) is 19.1 Å². The van der Waals surface area contributed by atoms with Gasteiger partial charge >= 0.3 is 0 Å². The van der Waals surface area contributed by atoms with Crippen LogP contribution >= 0.6 is 0 Å². The van der Waals surface area contributed by atoms with Gasteiger partial charge < -0.3 is 5.41 Å². The molecule has 0 amide bonds. The van der Waals surface area contributed by atoms with Gasteiger partial charge in [-0.15, -0.1) is 0 Å². The largest absolute Gasteiger partial charge is 0.308 e. The zero-order valence-corrected chi connectivity index (χ0v) is 9.89. The van der Waals surface area contributed by atoms with E-state index in [1.54, 1.807) is 0 Å². The summed E-state index contributed by atoms with van der Waals surface area (Å²) in [6, 6.07) is 3.89. The van der Waals surface area contributed by atoms with Gasteiger partial charge in [0.25, 0.3) is 0 Å². The summed E-state index contributed by atoms with van der Waals surface area (Å²) in [5.74, 6) is 0. The second kappa shape index (κ2) is 4.33. The van der Waals surface area contributed by atoms with Crippen LogP contribution < -0.4 is 0 Å². The summed E-state index contributed by atoms with van der Waals surface area (Å²) in [4.78, 5) is 0. The van der Waals surface area contributed by atoms with Crippen LogP contribution in [0, 0.1) is 33.5 Å². The van der Waals surface area contributed by atoms with Gasteiger partial charge in [-0.3, -0.25) is 0 Å². The van der Waals surface area contributed by atoms with E-state index in [1.165, 1.54) is 6.21 Å². The highest BCUT2D eigenvalue weighted by molar-refractivity contribution is 5.79. The maximum absolute atomic E-state index is 8.92. The fourth-order valence-electron chi connectivity index (χ4n) is 2.11. The van der Waals surface area contributed by atoms with Crippen molar-refractivity contribution in [1.29, 1.82) is 15.9 Å². The van der Waals surface area contributed by atoms with Crippen molar-refractivity contribution in [2.24, 2.45) is 5.41 Å². The Kier molecular flexibility index (Phi) is 3.30. The lowest BCUT2D eigenvalue weighted by molar-refractivity contribution is 0.353. The lowest BCUT2D eigenvalue weighted by Gasteiger charge is -2.32. The summed E-state index contributed by atoms with van der Waals surface area (Å²) in [7, 11) is 0. The molecule has 0 bridgehead atoms. The summed E-state index contributed by atoms with van der Waals surface area (Å²) in [6.45, 7) is 6.07. The first kappa shape index (κ1) is 12.2. The molecule has 0 fully saturated rings. The van der Waals surface area contributed by atoms with Crippen LogP contribution in [0.5, 0.6) is 0 Å². The summed E-state index contributed by atoms with van der Waals surface area (Å²) < 4.78 is 0. The van der Waals surface area contributed by atoms with Gasteiger partial charge in [0.2, 0.25) is 0 Å². The van der Waals surface area contributed by atoms with E-state index in [0.29, 0.717) is 0 Å². The highest BCUT2D eigenvalue weighted by Crippen LogP contribution is 2.41. The van der Waals surface area contributed by atoms with Gasteiger partial charge in [-0.1, -0.05) is 13.8 Å². The third-order valence-electron chi connectivity index (χ3n) is 2.96. The summed E-state index contributed by atoms with van der Waals surface area (Å²) in [5.41, 5.74) is 2.85. The van der Waals surface area contributed by atoms with Gasteiger partial charge in [-0.25, -0.2) is 0 Å². The first-order chi connectivity index (χ1) is 7.45. The molecule has 0 aromatic heterocycles. The monoisotopic (exact) mass is 213 g/mol. The molecule has 0 aromatic carbocycles. The van der Waals surface area contributed by atoms with Crippen LogP contribution in [-0.2, 0) is 0 Å². The first-order valence-electron chi connectivity index (χ1n) is 5.19. The van der Waals surface area contributed by atoms with E-state index < -0.39 is 0 Å². The number of allylic oxidation sites excluding steroid dienone is 4. The highest BCUT2D eigenvalue weighted by Gasteiger charge is 2.29. The standard InChI is InChI=1S/C13H15N3/c1-9-10(6-14)4-13(2,3)5-12(9)11(7-15)8-16/h6,14H,4-5H2,1-3H3. The average Bonchev–Trinajstić information content (AvgIpc) is 2.24. The Balaban J connectivity index is 3.43. The Hall–Kier alpha value is -1.87. The van der Waals surface area contributed by atoms with Crippen molar-refractivity contribution in [3.63, 3.8) is 0 Å². The molecule has 82 valence electrons. The van der Waals surface area contributed by atoms with Crippen molar-refractivity contribution in [1.82, 2.24) is 0 Å². The molecular formula is C13H15N3. The Morgan fingerprint density at radius 3 is 2.31 bits per heavy atom. The van der Waals surface area contributed by atoms with Crippen LogP contribution in [0.15, 0.2) is 22.3 Å². The van der Waals surface area contributed by atoms with Gasteiger partial charge in [0.1, 0.15) is 17.7 Å². The molecular weight excluding hydrogens is 198 g/mol. The number of nitriles is 2. The molecule has 0 atom stereocenters. The zero-order valence-electron chi connectivity index (χ0n) is 9.89. The summed E-state index contributed by atoms with van der Waals surface area (Å²) in [6.07, 6.45) is 2.89. The molecule has 0 aromatic rings. The minimum atomic E-state index is 0.0146. The normalized spacial score (nSPS) is 18.7. The minimum Gasteiger partial charge on any atom is -0.308 e. The quantitative estimate of drug-likeness (QED) is 0.537. The third-order valence-corrected chi connectivity index (χ3v) is 2.96. The summed E-state index contributed by atoms with van der Waals surface area (Å²) >= 11 is 0. The van der Waals surface area contributed by atoms with Gasteiger partial charge in [0.15, 0.2) is 0 Å². The van der Waals surface area contributed by atoms with E-state index >= 15 is 0 Å². The number of hydrogen-bond acceptors (Lipinski definition) is 3. The summed E-state index contributed by atoms with van der Waals surface area (Å²) in [5, 5.41) is 25.2. The molecule has 0 radical (unpaired) electrons. The second-order valence-electron chi connectivity index (χ2n) is 4.89. The van der Waals surface area contributed by atoms with E-state index in [4.69, 9.17) is 15.9 Å². The second-order valence-corrected chi connectivity index (χ2v) is 4.89. The van der Waals surface area contributed by atoms with Crippen LogP contribution in [0.1, 0.15) is 33.6 Å². The molecule has 0 saturated heterocycles. The average molecular weight is 213 g/mol. The molecule has 3 heteroatoms. The predicted octanol–water partition coefficient (Wildman–Crippen LogP) is 3.12. The topological polar surface area (TPSA) is 71.4 Å². The molecule has 0 unspecified atom stereocenters. The van der Waals surface area contributed by atoms with E-state index in [9.17, 15) is 0 Å². The molecule has 1 aliphatic rings. The van der Waals surface area contributed by atoms with Gasteiger partial charge in [0, 0.05) is 6.21 Å². The zero-order chi connectivity index (χ0) is 12.3. The molecule has 1 aliphatic carbocycles. The van der Waals surface area contributed by atoms with E-state index in [2.05, 4.69) is 13.8 Å². The molecule has 3 nitrogen and oxygen atoms in total. The number of nitrogens with one attached hydrogen (secondary N) is 1. The first-order valence-corrected chi connectivity index (χ1v) is 5.19. The predicted molar refractivity (Wildman–Crippen MR) is 62.8 cm³/mol. The lowest BCUT2D eigenvalue weighted by Crippen LogP contribution is -2.21. The number of nitrogens with zero attached hydrogens (tertiary/aromatic N) is 2. The number of hydrogen-bond donors (Lipinski definition) is 1. The Labute approximate surface area is 96.2 Å². The van der Waals surface area contributed by atoms with Crippen LogP contribution in [0.2, 0.25) is 0 Å². The lowest BCUT2D eigenvalue weighted by atomic mass is 9.71. The van der Waals surface area contributed by atoms with Gasteiger partial charge in [-0.05, 0) is 41.9 Å². The van der Waals surface area contributed by atoms with Crippen LogP contribution in [-0.4, -0.2) is 6.21 Å². The van der Waals surface area contributed by atoms with E-state index in [0.717, 1.165) is 29.6 Å². The molecule has 16 heavy (non-hydrogen) atoms. The maximum atomic E-state index is 8.92. The smallest absolute Gasteiger partial charge is 0.133 e. The molecule has 0 saturated carbocycles. The maximum Gasteiger partial charge on any atom is 0.133 e. The molecule has 0 aliphatic heterocycles. The van der Waals surface area contributed by atoms with Crippen molar-refractivity contribution >= 4 is 6.21 Å². The van der Waals surface area contributed by atoms with Crippen LogP contribution in [0.4, 0.5) is 0 Å². The van der Waals surface area contributed by atoms with Gasteiger partial charge in [-0.2, -0.15) is 10.5 Å². The number of rotatable bonds is 1. The minimum absolute atomic E-state index is 0.0146. The van der Waals surface area contributed by atoms with E-state index in [-0.39, 0.29) is 11.0 Å². The molecule has 1 N–H and O–H groups in total. The molecule has 0 spiro atoms. The fraction of sp³-hybridized carbons (Fsp3) is 0.462. The van der Waals surface area contributed by atoms with Crippen LogP contribution in [0.3, 0.4) is 0 Å². The molecule has 0 heterocycles. The fourth-order valence-corrected chi connectivity index (χ4v) is 2.11. The third kappa shape index (κ3) is 2.20. The van der Waals surface area contributed by atoms with Crippen molar-refractivity contribution in [3.8, 4) is 12.1 Å².